The molecule has 0 bridgehead atoms. The summed E-state index contributed by atoms with van der Waals surface area (Å²) in [5.74, 6) is 3.92. The summed E-state index contributed by atoms with van der Waals surface area (Å²) in [4.78, 5) is 18.7. The molecule has 30 heavy (non-hydrogen) atoms. The molecule has 4 unspecified atom stereocenters. The number of benzene rings is 1. The molecule has 4 atom stereocenters. The fourth-order valence-corrected chi connectivity index (χ4v) is 5.14. The first-order valence-corrected chi connectivity index (χ1v) is 10.9. The average Bonchev–Trinajstić information content (AvgIpc) is 3.19. The van der Waals surface area contributed by atoms with Crippen LogP contribution in [0.3, 0.4) is 0 Å². The second-order valence-electron chi connectivity index (χ2n) is 9.10. The topological polar surface area (TPSA) is 64.4 Å². The molecule has 2 aromatic rings. The molecule has 0 saturated heterocycles. The van der Waals surface area contributed by atoms with Gasteiger partial charge in [-0.25, -0.2) is 21.3 Å². The van der Waals surface area contributed by atoms with Crippen molar-refractivity contribution in [3.8, 4) is 11.4 Å². The number of hydrogen-bond acceptors (Lipinski definition) is 4. The van der Waals surface area contributed by atoms with Gasteiger partial charge in [0.15, 0.2) is 12.4 Å². The molecule has 0 amide bonds. The van der Waals surface area contributed by atoms with Gasteiger partial charge in [-0.15, -0.1) is 0 Å². The Hall–Kier alpha value is -2.23. The van der Waals surface area contributed by atoms with E-state index in [-0.39, 0.29) is 18.6 Å². The van der Waals surface area contributed by atoms with Gasteiger partial charge in [-0.1, -0.05) is 50.6 Å². The first kappa shape index (κ1) is 22.5. The van der Waals surface area contributed by atoms with Crippen molar-refractivity contribution >= 4 is 0 Å². The van der Waals surface area contributed by atoms with Gasteiger partial charge in [0.1, 0.15) is 5.82 Å². The molecule has 6 heteroatoms. The summed E-state index contributed by atoms with van der Waals surface area (Å²) < 4.78 is 0. The average molecular weight is 411 g/mol. The molecular formula is C24H34N4O2. The third kappa shape index (κ3) is 5.27. The summed E-state index contributed by atoms with van der Waals surface area (Å²) in [6, 6.07) is 7.81. The summed E-state index contributed by atoms with van der Waals surface area (Å²) in [5.41, 5.74) is 2.18. The lowest BCUT2D eigenvalue weighted by molar-refractivity contribution is -0.274. The monoisotopic (exact) mass is 410 g/mol. The zero-order chi connectivity index (χ0) is 21.7. The van der Waals surface area contributed by atoms with Crippen LogP contribution in [0.1, 0.15) is 57.3 Å². The second kappa shape index (κ2) is 10.2. The lowest BCUT2D eigenvalue weighted by Crippen LogP contribution is -2.33. The highest BCUT2D eigenvalue weighted by Crippen LogP contribution is 2.43. The largest absolute Gasteiger partial charge is 0.310 e. The van der Waals surface area contributed by atoms with Gasteiger partial charge >= 0.3 is 0 Å². The van der Waals surface area contributed by atoms with E-state index in [0.717, 1.165) is 23.7 Å². The SMILES string of the molecule is [C-]#[N+]C(COOC)C(CC1C(C)CC(C)CC1C)c1nc(-c2ccc(C)cc2)n[nH]1. The van der Waals surface area contributed by atoms with Crippen LogP contribution < -0.4 is 0 Å². The normalized spacial score (nSPS) is 26.1. The number of nitrogens with zero attached hydrogens (tertiary/aromatic N) is 3. The Bertz CT molecular complexity index is 830. The number of aryl methyl sites for hydroxylation is 1. The molecule has 162 valence electrons. The number of aromatic amines is 1. The summed E-state index contributed by atoms with van der Waals surface area (Å²) in [6.45, 7) is 17.1. The lowest BCUT2D eigenvalue weighted by Gasteiger charge is -2.39. The molecule has 1 N–H and O–H groups in total. The Labute approximate surface area is 180 Å². The van der Waals surface area contributed by atoms with Crippen molar-refractivity contribution in [2.75, 3.05) is 13.7 Å². The Kier molecular flexibility index (Phi) is 7.63. The Balaban J connectivity index is 1.88. The summed E-state index contributed by atoms with van der Waals surface area (Å²) in [6.07, 6.45) is 3.38. The molecule has 1 aliphatic rings. The summed E-state index contributed by atoms with van der Waals surface area (Å²) in [5, 5.41) is 7.60. The standard InChI is InChI=1S/C24H34N4O2/c1-15-7-9-19(10-8-15)23-26-24(28-27-23)21(22(25-5)14-30-29-6)13-20-17(3)11-16(2)12-18(20)4/h7-10,16-18,20-22H,11-14H2,1-4,6H3,(H,26,27,28). The molecule has 0 aliphatic heterocycles. The van der Waals surface area contributed by atoms with Gasteiger partial charge in [-0.3, -0.25) is 5.10 Å². The predicted molar refractivity (Wildman–Crippen MR) is 117 cm³/mol. The third-order valence-electron chi connectivity index (χ3n) is 6.69. The van der Waals surface area contributed by atoms with Crippen LogP contribution in [0.5, 0.6) is 0 Å². The van der Waals surface area contributed by atoms with Crippen LogP contribution in [0.2, 0.25) is 0 Å². The Morgan fingerprint density at radius 1 is 1.17 bits per heavy atom. The highest BCUT2D eigenvalue weighted by molar-refractivity contribution is 5.54. The maximum absolute atomic E-state index is 7.79. The zero-order valence-electron chi connectivity index (χ0n) is 18.8. The van der Waals surface area contributed by atoms with Crippen molar-refractivity contribution in [1.29, 1.82) is 0 Å². The van der Waals surface area contributed by atoms with E-state index >= 15 is 0 Å². The van der Waals surface area contributed by atoms with Crippen molar-refractivity contribution < 1.29 is 9.78 Å². The van der Waals surface area contributed by atoms with Gasteiger partial charge in [-0.2, -0.15) is 5.10 Å². The molecule has 0 radical (unpaired) electrons. The van der Waals surface area contributed by atoms with Crippen LogP contribution in [0, 0.1) is 37.2 Å². The fourth-order valence-electron chi connectivity index (χ4n) is 5.14. The maximum atomic E-state index is 7.79. The van der Waals surface area contributed by atoms with E-state index in [1.165, 1.54) is 25.5 Å². The third-order valence-corrected chi connectivity index (χ3v) is 6.69. The zero-order valence-corrected chi connectivity index (χ0v) is 18.8. The van der Waals surface area contributed by atoms with E-state index in [1.54, 1.807) is 0 Å². The quantitative estimate of drug-likeness (QED) is 0.358. The van der Waals surface area contributed by atoms with Crippen molar-refractivity contribution in [2.45, 2.75) is 58.9 Å². The van der Waals surface area contributed by atoms with Crippen molar-refractivity contribution in [3.05, 3.63) is 47.1 Å². The second-order valence-corrected chi connectivity index (χ2v) is 9.10. The maximum Gasteiger partial charge on any atom is 0.259 e. The van der Waals surface area contributed by atoms with Crippen LogP contribution in [0.4, 0.5) is 0 Å². The molecule has 3 rings (SSSR count). The number of nitrogens with one attached hydrogen (secondary N) is 1. The molecule has 1 aromatic heterocycles. The minimum absolute atomic E-state index is 0.0762. The van der Waals surface area contributed by atoms with Gasteiger partial charge in [-0.05, 0) is 49.9 Å². The molecular weight excluding hydrogens is 376 g/mol. The lowest BCUT2D eigenvalue weighted by atomic mass is 9.66. The van der Waals surface area contributed by atoms with E-state index in [1.807, 2.05) is 12.1 Å². The summed E-state index contributed by atoms with van der Waals surface area (Å²) >= 11 is 0. The van der Waals surface area contributed by atoms with E-state index in [0.29, 0.717) is 23.6 Å². The Morgan fingerprint density at radius 2 is 1.83 bits per heavy atom. The number of H-pyrrole nitrogens is 1. The van der Waals surface area contributed by atoms with Gasteiger partial charge < -0.3 is 4.85 Å². The molecule has 1 aliphatic carbocycles. The van der Waals surface area contributed by atoms with E-state index in [9.17, 15) is 0 Å². The van der Waals surface area contributed by atoms with Gasteiger partial charge in [0.2, 0.25) is 0 Å². The first-order chi connectivity index (χ1) is 14.4. The van der Waals surface area contributed by atoms with Gasteiger partial charge in [0, 0.05) is 5.56 Å². The number of rotatable bonds is 8. The van der Waals surface area contributed by atoms with Crippen molar-refractivity contribution in [1.82, 2.24) is 15.2 Å². The highest BCUT2D eigenvalue weighted by atomic mass is 17.2. The number of aromatic nitrogens is 3. The van der Waals surface area contributed by atoms with Crippen molar-refractivity contribution in [2.24, 2.45) is 23.7 Å². The highest BCUT2D eigenvalue weighted by Gasteiger charge is 2.39. The van der Waals surface area contributed by atoms with Gasteiger partial charge in [0.25, 0.3) is 6.04 Å². The Morgan fingerprint density at radius 3 is 2.43 bits per heavy atom. The van der Waals surface area contributed by atoms with Crippen LogP contribution in [0.25, 0.3) is 16.2 Å². The van der Waals surface area contributed by atoms with E-state index in [2.05, 4.69) is 54.9 Å². The first-order valence-electron chi connectivity index (χ1n) is 10.9. The number of hydrogen-bond donors (Lipinski definition) is 1. The van der Waals surface area contributed by atoms with Crippen LogP contribution in [-0.4, -0.2) is 34.9 Å². The summed E-state index contributed by atoms with van der Waals surface area (Å²) in [7, 11) is 1.48. The van der Waals surface area contributed by atoms with E-state index < -0.39 is 0 Å². The van der Waals surface area contributed by atoms with E-state index in [4.69, 9.17) is 21.3 Å². The van der Waals surface area contributed by atoms with Crippen LogP contribution in [0.15, 0.2) is 24.3 Å². The molecule has 6 nitrogen and oxygen atoms in total. The van der Waals surface area contributed by atoms with Crippen LogP contribution in [-0.2, 0) is 9.78 Å². The molecule has 1 heterocycles. The minimum atomic E-state index is -0.373. The molecule has 1 aromatic carbocycles. The fraction of sp³-hybridized carbons (Fsp3) is 0.625. The van der Waals surface area contributed by atoms with Crippen molar-refractivity contribution in [3.63, 3.8) is 0 Å². The van der Waals surface area contributed by atoms with Crippen LogP contribution >= 0.6 is 0 Å². The molecule has 1 fully saturated rings. The predicted octanol–water partition coefficient (Wildman–Crippen LogP) is 5.44. The minimum Gasteiger partial charge on any atom is -0.310 e. The smallest absolute Gasteiger partial charge is 0.259 e. The molecule has 1 saturated carbocycles. The van der Waals surface area contributed by atoms with Gasteiger partial charge in [0.05, 0.1) is 13.0 Å². The molecule has 0 spiro atoms.